The van der Waals surface area contributed by atoms with Crippen molar-refractivity contribution < 1.29 is 27.9 Å². The van der Waals surface area contributed by atoms with E-state index in [9.17, 15) is 27.9 Å². The number of para-hydroxylation sites is 1. The summed E-state index contributed by atoms with van der Waals surface area (Å²) in [5.41, 5.74) is -2.54. The first-order chi connectivity index (χ1) is 18.6. The monoisotopic (exact) mass is 577 g/mol. The molecule has 39 heavy (non-hydrogen) atoms. The molecule has 0 saturated heterocycles. The fourth-order valence-electron chi connectivity index (χ4n) is 5.48. The Bertz CT molecular complexity index is 1430. The van der Waals surface area contributed by atoms with Crippen LogP contribution in [0.3, 0.4) is 0 Å². The second-order valence-corrected chi connectivity index (χ2v) is 10.7. The van der Waals surface area contributed by atoms with Gasteiger partial charge in [0, 0.05) is 29.9 Å². The van der Waals surface area contributed by atoms with Gasteiger partial charge in [-0.25, -0.2) is 13.2 Å². The van der Waals surface area contributed by atoms with Crippen LogP contribution < -0.4 is 10.2 Å². The van der Waals surface area contributed by atoms with E-state index in [0.717, 1.165) is 6.20 Å². The van der Waals surface area contributed by atoms with Gasteiger partial charge in [0.2, 0.25) is 0 Å². The molecule has 1 saturated carbocycles. The Balaban J connectivity index is 1.29. The van der Waals surface area contributed by atoms with Crippen molar-refractivity contribution in [3.05, 3.63) is 93.0 Å². The minimum Gasteiger partial charge on any atom is -0.372 e. The third-order valence-corrected chi connectivity index (χ3v) is 7.94. The van der Waals surface area contributed by atoms with E-state index in [2.05, 4.69) is 10.3 Å². The maximum Gasteiger partial charge on any atom is 0.281 e. The highest BCUT2D eigenvalue weighted by Crippen LogP contribution is 2.46. The number of amides is 2. The van der Waals surface area contributed by atoms with Crippen molar-refractivity contribution in [2.45, 2.75) is 43.8 Å². The number of rotatable bonds is 6. The summed E-state index contributed by atoms with van der Waals surface area (Å²) < 4.78 is 41.6. The van der Waals surface area contributed by atoms with Gasteiger partial charge in [-0.15, -0.1) is 0 Å². The average molecular weight is 578 g/mol. The Morgan fingerprint density at radius 2 is 1.79 bits per heavy atom. The summed E-state index contributed by atoms with van der Waals surface area (Å²) in [5, 5.41) is 14.3. The van der Waals surface area contributed by atoms with Gasteiger partial charge < -0.3 is 15.3 Å². The lowest BCUT2D eigenvalue weighted by molar-refractivity contribution is -0.132. The van der Waals surface area contributed by atoms with Crippen LogP contribution in [0.5, 0.6) is 0 Å². The van der Waals surface area contributed by atoms with Gasteiger partial charge in [-0.3, -0.25) is 14.6 Å². The molecule has 0 radical (unpaired) electrons. The number of alkyl halides is 2. The number of carbonyl (C=O) groups is 2. The Hall–Kier alpha value is -3.14. The second kappa shape index (κ2) is 10.8. The molecule has 1 unspecified atom stereocenters. The van der Waals surface area contributed by atoms with E-state index in [0.29, 0.717) is 31.4 Å². The van der Waals surface area contributed by atoms with Crippen molar-refractivity contribution in [2.24, 2.45) is 5.92 Å². The summed E-state index contributed by atoms with van der Waals surface area (Å²) in [4.78, 5) is 31.4. The highest BCUT2D eigenvalue weighted by Gasteiger charge is 2.52. The third-order valence-electron chi connectivity index (χ3n) is 7.44. The summed E-state index contributed by atoms with van der Waals surface area (Å²) >= 11 is 11.8. The summed E-state index contributed by atoms with van der Waals surface area (Å²) in [5.74, 6) is -2.15. The van der Waals surface area contributed by atoms with Crippen molar-refractivity contribution in [1.82, 2.24) is 10.3 Å². The molecule has 2 aliphatic rings. The molecule has 204 valence electrons. The Kier molecular flexibility index (Phi) is 7.59. The molecule has 2 aromatic carbocycles. The van der Waals surface area contributed by atoms with Crippen LogP contribution in [-0.2, 0) is 10.4 Å². The topological polar surface area (TPSA) is 82.5 Å². The molecule has 1 aromatic heterocycles. The van der Waals surface area contributed by atoms with Crippen molar-refractivity contribution in [2.75, 3.05) is 11.4 Å². The molecule has 1 fully saturated rings. The second-order valence-electron chi connectivity index (χ2n) is 9.82. The van der Waals surface area contributed by atoms with Crippen molar-refractivity contribution in [1.29, 1.82) is 0 Å². The fraction of sp³-hybridized carbons (Fsp3) is 0.321. The van der Waals surface area contributed by atoms with E-state index in [1.165, 1.54) is 29.2 Å². The number of benzene rings is 2. The molecule has 1 atom stereocenters. The smallest absolute Gasteiger partial charge is 0.281 e. The van der Waals surface area contributed by atoms with E-state index in [1.807, 2.05) is 0 Å². The van der Waals surface area contributed by atoms with E-state index >= 15 is 0 Å². The minimum atomic E-state index is -2.92. The number of fused-ring (bicyclic) bond motifs is 1. The van der Waals surface area contributed by atoms with Gasteiger partial charge in [0.15, 0.2) is 5.60 Å². The zero-order valence-electron chi connectivity index (χ0n) is 20.5. The number of aliphatic hydroxyl groups is 1. The van der Waals surface area contributed by atoms with Crippen LogP contribution in [0.15, 0.2) is 54.7 Å². The van der Waals surface area contributed by atoms with Crippen molar-refractivity contribution in [3.8, 4) is 0 Å². The Morgan fingerprint density at radius 3 is 2.51 bits per heavy atom. The third kappa shape index (κ3) is 4.99. The molecule has 3 aromatic rings. The van der Waals surface area contributed by atoms with Crippen LogP contribution in [0, 0.1) is 11.7 Å². The van der Waals surface area contributed by atoms with Gasteiger partial charge in [0.05, 0.1) is 21.3 Å². The highest BCUT2D eigenvalue weighted by molar-refractivity contribution is 6.31. The fourth-order valence-corrected chi connectivity index (χ4v) is 5.81. The molecular weight excluding hydrogens is 554 g/mol. The molecule has 6 nitrogen and oxygen atoms in total. The molecule has 0 spiro atoms. The lowest BCUT2D eigenvalue weighted by atomic mass is 9.85. The number of nitrogens with one attached hydrogen (secondary N) is 1. The van der Waals surface area contributed by atoms with Gasteiger partial charge >= 0.3 is 0 Å². The molecule has 2 N–H and O–H groups in total. The number of hydrogen-bond acceptors (Lipinski definition) is 4. The first kappa shape index (κ1) is 27.4. The zero-order chi connectivity index (χ0) is 27.9. The van der Waals surface area contributed by atoms with E-state index in [1.54, 1.807) is 24.3 Å². The van der Waals surface area contributed by atoms with E-state index < -0.39 is 35.4 Å². The Labute approximate surface area is 232 Å². The van der Waals surface area contributed by atoms with Crippen molar-refractivity contribution in [3.63, 3.8) is 0 Å². The minimum absolute atomic E-state index is 0.0335. The van der Waals surface area contributed by atoms with Crippen LogP contribution in [0.4, 0.5) is 18.9 Å². The molecular formula is C28H24Cl2F3N3O3. The van der Waals surface area contributed by atoms with Crippen LogP contribution in [-0.4, -0.2) is 34.5 Å². The quantitative estimate of drug-likeness (QED) is 0.374. The van der Waals surface area contributed by atoms with Gasteiger partial charge in [-0.05, 0) is 49.8 Å². The maximum atomic E-state index is 15.0. The standard InChI is InChI=1S/C28H24Cl2F3N3O3/c29-16-12-18(24(25(32)33)34-13-16)26(37)35-17-10-8-15(9-11-17)14-36-22-7-2-1-4-19(22)28(39,27(36)38)20-5-3-6-21(30)23(20)31/h1-7,12-13,15,17,25,39H,8-11,14H2,(H,35,37)/t15-,17-,28?. The largest absolute Gasteiger partial charge is 0.372 e. The molecule has 0 bridgehead atoms. The number of hydrogen-bond donors (Lipinski definition) is 2. The average Bonchev–Trinajstić information content (AvgIpc) is 3.13. The normalized spacial score (nSPS) is 22.7. The summed E-state index contributed by atoms with van der Waals surface area (Å²) in [6.07, 6.45) is 0.548. The van der Waals surface area contributed by atoms with Crippen LogP contribution >= 0.6 is 23.2 Å². The highest BCUT2D eigenvalue weighted by atomic mass is 35.5. The summed E-state index contributed by atoms with van der Waals surface area (Å²) in [6.45, 7) is 0.286. The summed E-state index contributed by atoms with van der Waals surface area (Å²) in [6, 6.07) is 11.8. The van der Waals surface area contributed by atoms with Gasteiger partial charge in [-0.1, -0.05) is 53.5 Å². The maximum absolute atomic E-state index is 15.0. The number of pyridine rings is 1. The van der Waals surface area contributed by atoms with Gasteiger partial charge in [0.1, 0.15) is 11.5 Å². The van der Waals surface area contributed by atoms with Gasteiger partial charge in [-0.2, -0.15) is 0 Å². The predicted molar refractivity (Wildman–Crippen MR) is 141 cm³/mol. The molecule has 1 aliphatic heterocycles. The van der Waals surface area contributed by atoms with Crippen molar-refractivity contribution >= 4 is 40.7 Å². The van der Waals surface area contributed by atoms with Gasteiger partial charge in [0.25, 0.3) is 18.2 Å². The number of carbonyl (C=O) groups excluding carboxylic acids is 2. The van der Waals surface area contributed by atoms with Crippen LogP contribution in [0.1, 0.15) is 59.3 Å². The zero-order valence-corrected chi connectivity index (χ0v) is 22.0. The van der Waals surface area contributed by atoms with E-state index in [-0.39, 0.29) is 45.2 Å². The molecule has 1 aliphatic carbocycles. The van der Waals surface area contributed by atoms with E-state index in [4.69, 9.17) is 23.2 Å². The first-order valence-electron chi connectivity index (χ1n) is 12.4. The first-order valence-corrected chi connectivity index (χ1v) is 13.2. The Morgan fingerprint density at radius 1 is 1.10 bits per heavy atom. The lowest BCUT2D eigenvalue weighted by Gasteiger charge is -2.32. The molecule has 2 heterocycles. The molecule has 2 amide bonds. The SMILES string of the molecule is O=C(N[C@H]1CC[C@H](CN2C(=O)C(O)(c3cccc(Cl)c3F)c3ccccc32)CC1)c1cc(Cl)cnc1C(F)F. The lowest BCUT2D eigenvalue weighted by Crippen LogP contribution is -2.45. The predicted octanol–water partition coefficient (Wildman–Crippen LogP) is 6.04. The van der Waals surface area contributed by atoms with Crippen LogP contribution in [0.2, 0.25) is 10.0 Å². The number of anilines is 1. The number of aromatic nitrogens is 1. The number of nitrogens with zero attached hydrogens (tertiary/aromatic N) is 2. The molecule has 11 heteroatoms. The summed E-state index contributed by atoms with van der Waals surface area (Å²) in [7, 11) is 0. The van der Waals surface area contributed by atoms with Crippen LogP contribution in [0.25, 0.3) is 0 Å². The molecule has 5 rings (SSSR count). The number of halogens is 5.